The van der Waals surface area contributed by atoms with E-state index in [1.807, 2.05) is 54.6 Å². The molecule has 0 aliphatic heterocycles. The molecule has 0 bridgehead atoms. The van der Waals surface area contributed by atoms with Crippen molar-refractivity contribution in [2.45, 2.75) is 13.0 Å². The Kier molecular flexibility index (Phi) is 7.79. The fourth-order valence-electron chi connectivity index (χ4n) is 3.40. The van der Waals surface area contributed by atoms with E-state index in [2.05, 4.69) is 0 Å². The van der Waals surface area contributed by atoms with Crippen molar-refractivity contribution in [1.29, 1.82) is 0 Å². The second-order valence-electron chi connectivity index (χ2n) is 6.96. The third kappa shape index (κ3) is 5.50. The first-order valence-corrected chi connectivity index (χ1v) is 10.3. The van der Waals surface area contributed by atoms with Crippen molar-refractivity contribution in [3.05, 3.63) is 88.4 Å². The molecule has 0 heterocycles. The van der Waals surface area contributed by atoms with Crippen LogP contribution in [0.25, 0.3) is 0 Å². The van der Waals surface area contributed by atoms with Gasteiger partial charge in [0.15, 0.2) is 11.5 Å². The highest BCUT2D eigenvalue weighted by Crippen LogP contribution is 2.28. The maximum Gasteiger partial charge on any atom is 0.255 e. The van der Waals surface area contributed by atoms with Gasteiger partial charge in [-0.25, -0.2) is 0 Å². The zero-order chi connectivity index (χ0) is 22.2. The molecule has 0 aliphatic carbocycles. The number of halogens is 1. The number of carbonyl (C=O) groups excluding carboxylic acids is 1. The number of hydrogen-bond acceptors (Lipinski definition) is 4. The lowest BCUT2D eigenvalue weighted by Crippen LogP contribution is -2.33. The Labute approximate surface area is 188 Å². The molecule has 31 heavy (non-hydrogen) atoms. The molecular weight excluding hydrogens is 414 g/mol. The lowest BCUT2D eigenvalue weighted by molar-refractivity contribution is 0.0744. The first-order valence-electron chi connectivity index (χ1n) is 9.94. The fourth-order valence-corrected chi connectivity index (χ4v) is 3.61. The van der Waals surface area contributed by atoms with Crippen molar-refractivity contribution in [2.75, 3.05) is 27.9 Å². The number of rotatable bonds is 9. The van der Waals surface area contributed by atoms with Gasteiger partial charge in [0.2, 0.25) is 0 Å². The Hall–Kier alpha value is -3.18. The van der Waals surface area contributed by atoms with Crippen LogP contribution in [0.1, 0.15) is 21.5 Å². The number of carbonyl (C=O) groups is 1. The molecule has 0 radical (unpaired) electrons. The molecule has 6 heteroatoms. The van der Waals surface area contributed by atoms with Gasteiger partial charge < -0.3 is 19.1 Å². The fraction of sp³-hybridized carbons (Fsp3) is 0.240. The molecule has 0 saturated carbocycles. The maximum absolute atomic E-state index is 13.4. The van der Waals surface area contributed by atoms with Crippen molar-refractivity contribution >= 4 is 17.5 Å². The van der Waals surface area contributed by atoms with Crippen LogP contribution in [0.15, 0.2) is 66.7 Å². The largest absolute Gasteiger partial charge is 0.496 e. The Morgan fingerprint density at radius 3 is 2.23 bits per heavy atom. The third-order valence-electron chi connectivity index (χ3n) is 5.06. The van der Waals surface area contributed by atoms with Crippen molar-refractivity contribution in [3.63, 3.8) is 0 Å². The van der Waals surface area contributed by atoms with Gasteiger partial charge >= 0.3 is 0 Å². The molecule has 0 aliphatic rings. The number of ether oxygens (including phenoxy) is 3. The molecule has 0 N–H and O–H groups in total. The first kappa shape index (κ1) is 22.5. The Morgan fingerprint density at radius 1 is 0.839 bits per heavy atom. The highest BCUT2D eigenvalue weighted by atomic mass is 35.5. The number of amides is 1. The number of methoxy groups -OCH3 is 3. The first-order chi connectivity index (χ1) is 15.1. The molecule has 0 unspecified atom stereocenters. The predicted octanol–water partition coefficient (Wildman–Crippen LogP) is 5.25. The zero-order valence-corrected chi connectivity index (χ0v) is 18.7. The zero-order valence-electron chi connectivity index (χ0n) is 17.9. The second kappa shape index (κ2) is 10.7. The normalized spacial score (nSPS) is 10.5. The molecule has 0 atom stereocenters. The van der Waals surface area contributed by atoms with Gasteiger partial charge in [0.25, 0.3) is 5.91 Å². The van der Waals surface area contributed by atoms with Crippen LogP contribution in [-0.2, 0) is 13.0 Å². The Balaban J connectivity index is 1.87. The van der Waals surface area contributed by atoms with Gasteiger partial charge in [0, 0.05) is 18.7 Å². The summed E-state index contributed by atoms with van der Waals surface area (Å²) in [5.74, 6) is 1.94. The molecule has 0 fully saturated rings. The summed E-state index contributed by atoms with van der Waals surface area (Å²) in [6, 6.07) is 20.6. The molecule has 0 aromatic heterocycles. The van der Waals surface area contributed by atoms with Crippen LogP contribution in [0.5, 0.6) is 17.2 Å². The summed E-state index contributed by atoms with van der Waals surface area (Å²) >= 11 is 6.31. The minimum Gasteiger partial charge on any atom is -0.496 e. The van der Waals surface area contributed by atoms with Crippen molar-refractivity contribution in [1.82, 2.24) is 4.90 Å². The lowest BCUT2D eigenvalue weighted by Gasteiger charge is -2.24. The van der Waals surface area contributed by atoms with Crippen LogP contribution in [0, 0.1) is 0 Å². The Bertz CT molecular complexity index is 1040. The Morgan fingerprint density at radius 2 is 1.52 bits per heavy atom. The summed E-state index contributed by atoms with van der Waals surface area (Å²) in [6.07, 6.45) is 0.645. The number of nitrogens with zero attached hydrogens (tertiary/aromatic N) is 1. The van der Waals surface area contributed by atoms with Gasteiger partial charge in [0.05, 0.1) is 31.9 Å². The van der Waals surface area contributed by atoms with Gasteiger partial charge in [-0.05, 0) is 42.3 Å². The summed E-state index contributed by atoms with van der Waals surface area (Å²) in [7, 11) is 4.84. The molecular formula is C25H26ClNO4. The lowest BCUT2D eigenvalue weighted by atomic mass is 10.1. The van der Waals surface area contributed by atoms with Crippen LogP contribution >= 0.6 is 11.6 Å². The monoisotopic (exact) mass is 439 g/mol. The summed E-state index contributed by atoms with van der Waals surface area (Å²) in [4.78, 5) is 15.2. The SMILES string of the molecule is COc1ccccc1CN(CCc1ccc(OC)c(OC)c1)C(=O)c1ccccc1Cl. The molecule has 0 saturated heterocycles. The molecule has 3 rings (SSSR count). The summed E-state index contributed by atoms with van der Waals surface area (Å²) in [5.41, 5.74) is 2.44. The van der Waals surface area contributed by atoms with Crippen LogP contribution < -0.4 is 14.2 Å². The van der Waals surface area contributed by atoms with E-state index < -0.39 is 0 Å². The predicted molar refractivity (Wildman–Crippen MR) is 122 cm³/mol. The van der Waals surface area contributed by atoms with E-state index in [-0.39, 0.29) is 5.91 Å². The number of para-hydroxylation sites is 1. The van der Waals surface area contributed by atoms with Crippen molar-refractivity contribution in [2.24, 2.45) is 0 Å². The maximum atomic E-state index is 13.4. The van der Waals surface area contributed by atoms with Crippen LogP contribution in [0.4, 0.5) is 0 Å². The quantitative estimate of drug-likeness (QED) is 0.456. The van der Waals surface area contributed by atoms with Gasteiger partial charge in [-0.3, -0.25) is 4.79 Å². The van der Waals surface area contributed by atoms with E-state index in [1.165, 1.54) is 0 Å². The van der Waals surface area contributed by atoms with E-state index in [1.54, 1.807) is 38.4 Å². The van der Waals surface area contributed by atoms with Crippen LogP contribution in [0.2, 0.25) is 5.02 Å². The van der Waals surface area contributed by atoms with Crippen molar-refractivity contribution in [3.8, 4) is 17.2 Å². The minimum atomic E-state index is -0.128. The van der Waals surface area contributed by atoms with Gasteiger partial charge in [-0.1, -0.05) is 48.0 Å². The molecule has 3 aromatic rings. The van der Waals surface area contributed by atoms with Gasteiger partial charge in [-0.2, -0.15) is 0 Å². The average molecular weight is 440 g/mol. The third-order valence-corrected chi connectivity index (χ3v) is 5.39. The van der Waals surface area contributed by atoms with E-state index in [0.717, 1.165) is 16.9 Å². The van der Waals surface area contributed by atoms with Crippen molar-refractivity contribution < 1.29 is 19.0 Å². The molecule has 3 aromatic carbocycles. The molecule has 162 valence electrons. The summed E-state index contributed by atoms with van der Waals surface area (Å²) in [6.45, 7) is 0.902. The summed E-state index contributed by atoms with van der Waals surface area (Å²) in [5, 5.41) is 0.434. The highest BCUT2D eigenvalue weighted by molar-refractivity contribution is 6.33. The van der Waals surface area contributed by atoms with Gasteiger partial charge in [0.1, 0.15) is 5.75 Å². The van der Waals surface area contributed by atoms with E-state index in [4.69, 9.17) is 25.8 Å². The number of hydrogen-bond donors (Lipinski definition) is 0. The van der Waals surface area contributed by atoms with E-state index in [0.29, 0.717) is 41.6 Å². The van der Waals surface area contributed by atoms with Crippen LogP contribution in [0.3, 0.4) is 0 Å². The topological polar surface area (TPSA) is 48.0 Å². The highest BCUT2D eigenvalue weighted by Gasteiger charge is 2.20. The van der Waals surface area contributed by atoms with Gasteiger partial charge in [-0.15, -0.1) is 0 Å². The molecule has 5 nitrogen and oxygen atoms in total. The standard InChI is InChI=1S/C25H26ClNO4/c1-29-22-11-7-4-8-19(22)17-27(25(28)20-9-5-6-10-21(20)26)15-14-18-12-13-23(30-2)24(16-18)31-3/h4-13,16H,14-15,17H2,1-3H3. The van der Waals surface area contributed by atoms with E-state index >= 15 is 0 Å². The number of benzene rings is 3. The second-order valence-corrected chi connectivity index (χ2v) is 7.36. The molecule has 0 spiro atoms. The van der Waals surface area contributed by atoms with E-state index in [9.17, 15) is 4.79 Å². The summed E-state index contributed by atoms with van der Waals surface area (Å²) < 4.78 is 16.2. The minimum absolute atomic E-state index is 0.128. The van der Waals surface area contributed by atoms with Crippen LogP contribution in [-0.4, -0.2) is 38.7 Å². The smallest absolute Gasteiger partial charge is 0.255 e. The molecule has 1 amide bonds. The average Bonchev–Trinajstić information content (AvgIpc) is 2.81.